The van der Waals surface area contributed by atoms with Gasteiger partial charge in [-0.3, -0.25) is 14.9 Å². The van der Waals surface area contributed by atoms with Crippen molar-refractivity contribution in [2.24, 2.45) is 0 Å². The van der Waals surface area contributed by atoms with E-state index in [1.807, 2.05) is 32.9 Å². The predicted octanol–water partition coefficient (Wildman–Crippen LogP) is 3.99. The van der Waals surface area contributed by atoms with E-state index in [9.17, 15) is 14.9 Å². The molecule has 148 valence electrons. The monoisotopic (exact) mass is 384 g/mol. The molecule has 0 saturated carbocycles. The van der Waals surface area contributed by atoms with Gasteiger partial charge in [-0.1, -0.05) is 20.8 Å². The van der Waals surface area contributed by atoms with Crippen molar-refractivity contribution < 1.29 is 23.5 Å². The fourth-order valence-corrected chi connectivity index (χ4v) is 2.82. The van der Waals surface area contributed by atoms with E-state index in [2.05, 4.69) is 5.32 Å². The number of benzene rings is 1. The number of anilines is 1. The summed E-state index contributed by atoms with van der Waals surface area (Å²) < 4.78 is 16.3. The fourth-order valence-electron chi connectivity index (χ4n) is 2.82. The van der Waals surface area contributed by atoms with Crippen LogP contribution in [-0.4, -0.2) is 25.4 Å². The van der Waals surface area contributed by atoms with E-state index in [-0.39, 0.29) is 40.6 Å². The molecule has 0 aliphatic heterocycles. The molecule has 1 aromatic heterocycles. The second-order valence-electron chi connectivity index (χ2n) is 7.35. The maximum atomic E-state index is 12.3. The first-order valence-corrected chi connectivity index (χ1v) is 8.74. The summed E-state index contributed by atoms with van der Waals surface area (Å²) in [6.45, 7) is 8.71. The largest absolute Gasteiger partial charge is 0.497 e. The molecule has 28 heavy (non-hydrogen) atoms. The third-order valence-electron chi connectivity index (χ3n) is 4.15. The van der Waals surface area contributed by atoms with E-state index in [1.165, 1.54) is 6.92 Å². The van der Waals surface area contributed by atoms with Crippen LogP contribution < -0.4 is 14.8 Å². The normalized spacial score (nSPS) is 10.9. The average molecular weight is 384 g/mol. The Morgan fingerprint density at radius 3 is 2.50 bits per heavy atom. The number of nitrogens with zero attached hydrogens (tertiary/aromatic N) is 1. The average Bonchev–Trinajstić information content (AvgIpc) is 2.94. The fraction of sp³-hybridized carbons (Fsp3) is 0.381. The van der Waals surface area contributed by atoms with E-state index in [4.69, 9.17) is 13.9 Å². The highest BCUT2D eigenvalue weighted by Gasteiger charge is 2.23. The molecule has 0 bridgehead atoms. The quantitative estimate of drug-likeness (QED) is 0.756. The number of methoxy groups -OCH3 is 1. The van der Waals surface area contributed by atoms with Crippen molar-refractivity contribution in [2.75, 3.05) is 19.0 Å². The summed E-state index contributed by atoms with van der Waals surface area (Å²) in [6, 6.07) is 7.28. The van der Waals surface area contributed by atoms with Gasteiger partial charge in [-0.2, -0.15) is 5.26 Å². The smallest absolute Gasteiger partial charge is 0.264 e. The Bertz CT molecular complexity index is 945. The summed E-state index contributed by atoms with van der Waals surface area (Å²) in [5.74, 6) is 0.681. The van der Waals surface area contributed by atoms with Gasteiger partial charge in [-0.15, -0.1) is 0 Å². The molecule has 7 nitrogen and oxygen atoms in total. The summed E-state index contributed by atoms with van der Waals surface area (Å²) in [7, 11) is 1.59. The van der Waals surface area contributed by atoms with Crippen LogP contribution in [0.5, 0.6) is 11.5 Å². The van der Waals surface area contributed by atoms with E-state index in [1.54, 1.807) is 26.2 Å². The van der Waals surface area contributed by atoms with Gasteiger partial charge >= 0.3 is 0 Å². The number of rotatable bonds is 6. The maximum absolute atomic E-state index is 12.3. The van der Waals surface area contributed by atoms with Gasteiger partial charge < -0.3 is 13.9 Å². The Kier molecular flexibility index (Phi) is 6.14. The minimum Gasteiger partial charge on any atom is -0.497 e. The van der Waals surface area contributed by atoms with Crippen molar-refractivity contribution in [3.63, 3.8) is 0 Å². The summed E-state index contributed by atoms with van der Waals surface area (Å²) in [5, 5.41) is 11.8. The molecule has 1 aromatic carbocycles. The molecule has 2 aromatic rings. The number of amides is 1. The second-order valence-corrected chi connectivity index (χ2v) is 7.35. The van der Waals surface area contributed by atoms with Gasteiger partial charge in [-0.25, -0.2) is 0 Å². The molecule has 0 unspecified atom stereocenters. The molecular formula is C21H24N2O5. The van der Waals surface area contributed by atoms with Crippen LogP contribution in [0.1, 0.15) is 54.9 Å². The van der Waals surface area contributed by atoms with Gasteiger partial charge in [0.15, 0.2) is 12.4 Å². The van der Waals surface area contributed by atoms with Gasteiger partial charge in [0.25, 0.3) is 5.91 Å². The van der Waals surface area contributed by atoms with Gasteiger partial charge in [-0.05, 0) is 37.5 Å². The zero-order chi connectivity index (χ0) is 21.1. The molecule has 7 heteroatoms. The van der Waals surface area contributed by atoms with Crippen LogP contribution in [-0.2, 0) is 10.2 Å². The number of aryl methyl sites for hydroxylation is 1. The topological polar surface area (TPSA) is 102 Å². The van der Waals surface area contributed by atoms with Crippen molar-refractivity contribution in [3.05, 3.63) is 40.6 Å². The van der Waals surface area contributed by atoms with Gasteiger partial charge in [0, 0.05) is 5.56 Å². The number of carbonyl (C=O) groups excluding carboxylic acids is 2. The van der Waals surface area contributed by atoms with Crippen LogP contribution in [0.25, 0.3) is 0 Å². The van der Waals surface area contributed by atoms with Crippen LogP contribution in [0.3, 0.4) is 0 Å². The van der Waals surface area contributed by atoms with E-state index < -0.39 is 5.91 Å². The Hall–Kier alpha value is -3.27. The van der Waals surface area contributed by atoms with Gasteiger partial charge in [0.1, 0.15) is 28.9 Å². The number of furan rings is 1. The lowest BCUT2D eigenvalue weighted by atomic mass is 9.86. The van der Waals surface area contributed by atoms with E-state index >= 15 is 0 Å². The molecular weight excluding hydrogens is 360 g/mol. The molecule has 0 aliphatic carbocycles. The van der Waals surface area contributed by atoms with Crippen LogP contribution in [0.2, 0.25) is 0 Å². The number of hydrogen-bond donors (Lipinski definition) is 1. The first-order valence-electron chi connectivity index (χ1n) is 8.74. The minimum absolute atomic E-state index is 0.0122. The lowest BCUT2D eigenvalue weighted by Gasteiger charge is -2.23. The second kappa shape index (κ2) is 8.17. The Balaban J connectivity index is 2.18. The Morgan fingerprint density at radius 2 is 1.96 bits per heavy atom. The number of nitrogens with one attached hydrogen (secondary N) is 1. The predicted molar refractivity (Wildman–Crippen MR) is 104 cm³/mol. The Morgan fingerprint density at radius 1 is 1.29 bits per heavy atom. The summed E-state index contributed by atoms with van der Waals surface area (Å²) in [4.78, 5) is 24.0. The number of nitriles is 1. The van der Waals surface area contributed by atoms with Gasteiger partial charge in [0.2, 0.25) is 5.88 Å². The molecule has 1 N–H and O–H groups in total. The number of hydrogen-bond acceptors (Lipinski definition) is 6. The van der Waals surface area contributed by atoms with Crippen molar-refractivity contribution in [2.45, 2.75) is 40.0 Å². The molecule has 0 fully saturated rings. The van der Waals surface area contributed by atoms with Crippen LogP contribution in [0, 0.1) is 18.3 Å². The standard InChI is InChI=1S/C21H24N2O5/c1-12(24)19-13(2)28-20(15(19)10-22)23-18(25)11-27-17-8-7-14(26-6)9-16(17)21(3,4)5/h7-9H,11H2,1-6H3,(H,23,25). The summed E-state index contributed by atoms with van der Waals surface area (Å²) in [5.41, 5.74) is 0.857. The number of carbonyl (C=O) groups is 2. The van der Waals surface area contributed by atoms with Crippen molar-refractivity contribution in [1.29, 1.82) is 5.26 Å². The molecule has 0 radical (unpaired) electrons. The highest BCUT2D eigenvalue weighted by molar-refractivity contribution is 6.01. The molecule has 0 aliphatic rings. The summed E-state index contributed by atoms with van der Waals surface area (Å²) in [6.07, 6.45) is 0. The van der Waals surface area contributed by atoms with E-state index in [0.29, 0.717) is 11.5 Å². The molecule has 1 heterocycles. The van der Waals surface area contributed by atoms with Crippen LogP contribution in [0.15, 0.2) is 22.6 Å². The van der Waals surface area contributed by atoms with Crippen molar-refractivity contribution in [1.82, 2.24) is 0 Å². The molecule has 0 atom stereocenters. The molecule has 0 spiro atoms. The molecule has 1 amide bonds. The minimum atomic E-state index is -0.504. The highest BCUT2D eigenvalue weighted by Crippen LogP contribution is 2.34. The van der Waals surface area contributed by atoms with Gasteiger partial charge in [0.05, 0.1) is 12.7 Å². The first-order chi connectivity index (χ1) is 13.1. The van der Waals surface area contributed by atoms with Crippen LogP contribution >= 0.6 is 0 Å². The summed E-state index contributed by atoms with van der Waals surface area (Å²) >= 11 is 0. The number of ketones is 1. The number of Topliss-reactive ketones (excluding diaryl/α,β-unsaturated/α-hetero) is 1. The molecule has 2 rings (SSSR count). The SMILES string of the molecule is COc1ccc(OCC(=O)Nc2oc(C)c(C(C)=O)c2C#N)c(C(C)(C)C)c1. The number of ether oxygens (including phenoxy) is 2. The lowest BCUT2D eigenvalue weighted by molar-refractivity contribution is -0.118. The highest BCUT2D eigenvalue weighted by atomic mass is 16.5. The third-order valence-corrected chi connectivity index (χ3v) is 4.15. The third kappa shape index (κ3) is 4.52. The Labute approximate surface area is 164 Å². The van der Waals surface area contributed by atoms with Crippen molar-refractivity contribution in [3.8, 4) is 17.6 Å². The lowest BCUT2D eigenvalue weighted by Crippen LogP contribution is -2.22. The van der Waals surface area contributed by atoms with Crippen molar-refractivity contribution >= 4 is 17.6 Å². The zero-order valence-corrected chi connectivity index (χ0v) is 16.9. The van der Waals surface area contributed by atoms with Crippen LogP contribution in [0.4, 0.5) is 5.88 Å². The zero-order valence-electron chi connectivity index (χ0n) is 16.9. The van der Waals surface area contributed by atoms with E-state index in [0.717, 1.165) is 5.56 Å². The molecule has 0 saturated heterocycles. The first kappa shape index (κ1) is 21.0. The maximum Gasteiger partial charge on any atom is 0.264 e.